The number of hydrogen-bond donors (Lipinski definition) is 1. The van der Waals surface area contributed by atoms with Gasteiger partial charge in [-0.3, -0.25) is 10.1 Å². The van der Waals surface area contributed by atoms with Crippen molar-refractivity contribution in [3.05, 3.63) is 22.2 Å². The van der Waals surface area contributed by atoms with E-state index in [0.29, 0.717) is 22.1 Å². The molecular weight excluding hydrogens is 288 g/mol. The van der Waals surface area contributed by atoms with Crippen LogP contribution < -0.4 is 10.2 Å². The van der Waals surface area contributed by atoms with Crippen LogP contribution in [0.1, 0.15) is 27.2 Å². The lowest BCUT2D eigenvalue weighted by molar-refractivity contribution is -0.384. The molecule has 0 bridgehead atoms. The average molecular weight is 310 g/mol. The van der Waals surface area contributed by atoms with Crippen LogP contribution in [0.5, 0.6) is 0 Å². The van der Waals surface area contributed by atoms with E-state index in [4.69, 9.17) is 0 Å². The summed E-state index contributed by atoms with van der Waals surface area (Å²) in [7, 11) is 0. The Balaban J connectivity index is 2.31. The van der Waals surface area contributed by atoms with Crippen molar-refractivity contribution in [1.29, 1.82) is 0 Å². The number of nitro groups is 1. The summed E-state index contributed by atoms with van der Waals surface area (Å²) in [4.78, 5) is 17.5. The Bertz CT molecular complexity index is 502. The van der Waals surface area contributed by atoms with E-state index in [1.807, 2.05) is 16.7 Å². The topological polar surface area (TPSA) is 71.3 Å². The van der Waals surface area contributed by atoms with E-state index in [0.717, 1.165) is 26.1 Å². The SMILES string of the molecule is CCCNc1ccc([N+](=O)[O-])c(N2CC(C)SC(C)C2)n1. The van der Waals surface area contributed by atoms with Gasteiger partial charge in [-0.2, -0.15) is 11.8 Å². The lowest BCUT2D eigenvalue weighted by Crippen LogP contribution is -2.41. The molecule has 0 aliphatic carbocycles. The first-order chi connectivity index (χ1) is 10.0. The summed E-state index contributed by atoms with van der Waals surface area (Å²) in [6.45, 7) is 8.77. The second-order valence-electron chi connectivity index (χ2n) is 5.39. The standard InChI is InChI=1S/C14H22N4O2S/c1-4-7-15-13-6-5-12(18(19)20)14(16-13)17-8-10(2)21-11(3)9-17/h5-6,10-11H,4,7-9H2,1-3H3,(H,15,16). The number of nitrogens with one attached hydrogen (secondary N) is 1. The number of thioether (sulfide) groups is 1. The molecule has 0 spiro atoms. The van der Waals surface area contributed by atoms with E-state index < -0.39 is 0 Å². The highest BCUT2D eigenvalue weighted by atomic mass is 32.2. The van der Waals surface area contributed by atoms with E-state index in [2.05, 4.69) is 31.1 Å². The molecule has 1 saturated heterocycles. The highest BCUT2D eigenvalue weighted by Crippen LogP contribution is 2.33. The van der Waals surface area contributed by atoms with Gasteiger partial charge in [-0.25, -0.2) is 4.98 Å². The zero-order valence-corrected chi connectivity index (χ0v) is 13.5. The second kappa shape index (κ2) is 6.98. The Kier molecular flexibility index (Phi) is 5.27. The third-order valence-corrected chi connectivity index (χ3v) is 4.55. The van der Waals surface area contributed by atoms with Gasteiger partial charge < -0.3 is 10.2 Å². The Morgan fingerprint density at radius 1 is 1.43 bits per heavy atom. The van der Waals surface area contributed by atoms with Crippen molar-refractivity contribution in [1.82, 2.24) is 4.98 Å². The molecule has 0 aromatic carbocycles. The molecule has 1 N–H and O–H groups in total. The molecule has 7 heteroatoms. The molecule has 6 nitrogen and oxygen atoms in total. The molecule has 0 amide bonds. The predicted octanol–water partition coefficient (Wildman–Crippen LogP) is 3.14. The average Bonchev–Trinajstić information content (AvgIpc) is 2.43. The first-order valence-corrected chi connectivity index (χ1v) is 8.25. The molecule has 1 aliphatic heterocycles. The molecule has 1 aliphatic rings. The molecule has 116 valence electrons. The van der Waals surface area contributed by atoms with Gasteiger partial charge in [0.15, 0.2) is 0 Å². The van der Waals surface area contributed by atoms with Gasteiger partial charge in [0.1, 0.15) is 5.82 Å². The van der Waals surface area contributed by atoms with E-state index in [1.54, 1.807) is 12.1 Å². The van der Waals surface area contributed by atoms with E-state index in [-0.39, 0.29) is 10.6 Å². The normalized spacial score (nSPS) is 22.1. The number of aromatic nitrogens is 1. The zero-order valence-electron chi connectivity index (χ0n) is 12.7. The van der Waals surface area contributed by atoms with Crippen LogP contribution in [-0.4, -0.2) is 40.0 Å². The molecule has 2 rings (SSSR count). The molecule has 2 atom stereocenters. The fourth-order valence-corrected chi connectivity index (χ4v) is 3.84. The van der Waals surface area contributed by atoms with Gasteiger partial charge >= 0.3 is 5.69 Å². The van der Waals surface area contributed by atoms with Crippen LogP contribution >= 0.6 is 11.8 Å². The summed E-state index contributed by atoms with van der Waals surface area (Å²) in [6, 6.07) is 3.24. The molecule has 2 heterocycles. The molecule has 2 unspecified atom stereocenters. The van der Waals surface area contributed by atoms with Crippen molar-refractivity contribution < 1.29 is 4.92 Å². The lowest BCUT2D eigenvalue weighted by atomic mass is 10.3. The smallest absolute Gasteiger partial charge is 0.311 e. The Hall–Kier alpha value is -1.50. The fraction of sp³-hybridized carbons (Fsp3) is 0.643. The van der Waals surface area contributed by atoms with Crippen molar-refractivity contribution >= 4 is 29.1 Å². The number of nitrogens with zero attached hydrogens (tertiary/aromatic N) is 3. The lowest BCUT2D eigenvalue weighted by Gasteiger charge is -2.35. The maximum Gasteiger partial charge on any atom is 0.311 e. The van der Waals surface area contributed by atoms with E-state index in [9.17, 15) is 10.1 Å². The van der Waals surface area contributed by atoms with Gasteiger partial charge in [0.05, 0.1) is 4.92 Å². The maximum absolute atomic E-state index is 11.3. The van der Waals surface area contributed by atoms with Crippen LogP contribution in [0.2, 0.25) is 0 Å². The van der Waals surface area contributed by atoms with Crippen molar-refractivity contribution in [2.24, 2.45) is 0 Å². The molecule has 1 aromatic rings. The second-order valence-corrected chi connectivity index (χ2v) is 7.27. The summed E-state index contributed by atoms with van der Waals surface area (Å²) in [5, 5.41) is 15.4. The van der Waals surface area contributed by atoms with Crippen molar-refractivity contribution in [3.8, 4) is 0 Å². The minimum atomic E-state index is -0.344. The van der Waals surface area contributed by atoms with Crippen LogP contribution in [-0.2, 0) is 0 Å². The highest BCUT2D eigenvalue weighted by Gasteiger charge is 2.28. The van der Waals surface area contributed by atoms with E-state index >= 15 is 0 Å². The van der Waals surface area contributed by atoms with Gasteiger partial charge in [0, 0.05) is 36.2 Å². The predicted molar refractivity (Wildman–Crippen MR) is 88.4 cm³/mol. The third-order valence-electron chi connectivity index (χ3n) is 3.33. The fourth-order valence-electron chi connectivity index (χ4n) is 2.52. The summed E-state index contributed by atoms with van der Waals surface area (Å²) in [6.07, 6.45) is 0.989. The number of pyridine rings is 1. The first kappa shape index (κ1) is 15.9. The number of hydrogen-bond acceptors (Lipinski definition) is 6. The van der Waals surface area contributed by atoms with Gasteiger partial charge in [0.2, 0.25) is 5.82 Å². The quantitative estimate of drug-likeness (QED) is 0.665. The minimum Gasteiger partial charge on any atom is -0.370 e. The number of rotatable bonds is 5. The Morgan fingerprint density at radius 2 is 2.10 bits per heavy atom. The summed E-state index contributed by atoms with van der Waals surface area (Å²) in [5.74, 6) is 1.19. The van der Waals surface area contributed by atoms with Crippen LogP contribution in [0.3, 0.4) is 0 Å². The molecule has 1 fully saturated rings. The summed E-state index contributed by atoms with van der Waals surface area (Å²) >= 11 is 1.92. The van der Waals surface area contributed by atoms with Crippen LogP contribution in [0, 0.1) is 10.1 Å². The van der Waals surface area contributed by atoms with Crippen molar-refractivity contribution in [3.63, 3.8) is 0 Å². The number of anilines is 2. The molecule has 0 saturated carbocycles. The van der Waals surface area contributed by atoms with Crippen LogP contribution in [0.15, 0.2) is 12.1 Å². The van der Waals surface area contributed by atoms with Crippen molar-refractivity contribution in [2.45, 2.75) is 37.7 Å². The highest BCUT2D eigenvalue weighted by molar-refractivity contribution is 8.00. The van der Waals surface area contributed by atoms with Crippen LogP contribution in [0.4, 0.5) is 17.3 Å². The summed E-state index contributed by atoms with van der Waals surface area (Å²) in [5.41, 5.74) is 0.0864. The van der Waals surface area contributed by atoms with Gasteiger partial charge in [-0.1, -0.05) is 20.8 Å². The molecular formula is C14H22N4O2S. The molecule has 21 heavy (non-hydrogen) atoms. The van der Waals surface area contributed by atoms with Gasteiger partial charge in [-0.05, 0) is 12.5 Å². The van der Waals surface area contributed by atoms with Gasteiger partial charge in [0.25, 0.3) is 0 Å². The van der Waals surface area contributed by atoms with Crippen LogP contribution in [0.25, 0.3) is 0 Å². The molecule has 0 radical (unpaired) electrons. The third kappa shape index (κ3) is 4.00. The monoisotopic (exact) mass is 310 g/mol. The summed E-state index contributed by atoms with van der Waals surface area (Å²) < 4.78 is 0. The van der Waals surface area contributed by atoms with Gasteiger partial charge in [-0.15, -0.1) is 0 Å². The zero-order chi connectivity index (χ0) is 15.4. The van der Waals surface area contributed by atoms with Crippen molar-refractivity contribution in [2.75, 3.05) is 29.9 Å². The molecule has 1 aromatic heterocycles. The Morgan fingerprint density at radius 3 is 2.67 bits per heavy atom. The minimum absolute atomic E-state index is 0.0864. The maximum atomic E-state index is 11.3. The van der Waals surface area contributed by atoms with E-state index in [1.165, 1.54) is 0 Å². The first-order valence-electron chi connectivity index (χ1n) is 7.31. The largest absolute Gasteiger partial charge is 0.370 e. The Labute approximate surface area is 129 Å².